The van der Waals surface area contributed by atoms with Crippen LogP contribution in [-0.2, 0) is 22.6 Å². The van der Waals surface area contributed by atoms with Gasteiger partial charge in [-0.25, -0.2) is 15.0 Å². The molecule has 0 aliphatic carbocycles. The summed E-state index contributed by atoms with van der Waals surface area (Å²) in [7, 11) is 1.68. The van der Waals surface area contributed by atoms with Crippen LogP contribution < -0.4 is 10.9 Å². The molecule has 13 heteroatoms. The number of nitrogens with zero attached hydrogens (tertiary/aromatic N) is 7. The molecule has 2 atom stereocenters. The highest BCUT2D eigenvalue weighted by Crippen LogP contribution is 2.37. The van der Waals surface area contributed by atoms with E-state index >= 15 is 0 Å². The lowest BCUT2D eigenvalue weighted by Crippen LogP contribution is -2.53. The summed E-state index contributed by atoms with van der Waals surface area (Å²) in [4.78, 5) is 47.2. The van der Waals surface area contributed by atoms with E-state index < -0.39 is 5.60 Å². The molecular formula is C42H46N8O4S. The maximum absolute atomic E-state index is 14.3. The first-order valence-corrected chi connectivity index (χ1v) is 19.7. The van der Waals surface area contributed by atoms with E-state index in [2.05, 4.69) is 32.3 Å². The minimum Gasteiger partial charge on any atom is -0.388 e. The zero-order valence-corrected chi connectivity index (χ0v) is 31.8. The van der Waals surface area contributed by atoms with Crippen molar-refractivity contribution in [3.63, 3.8) is 0 Å². The molecule has 0 spiro atoms. The maximum Gasteiger partial charge on any atom is 0.262 e. The molecule has 1 amide bonds. The maximum atomic E-state index is 14.3. The van der Waals surface area contributed by atoms with Gasteiger partial charge >= 0.3 is 0 Å². The predicted octanol–water partition coefficient (Wildman–Crippen LogP) is 5.42. The van der Waals surface area contributed by atoms with Gasteiger partial charge in [-0.15, -0.1) is 11.3 Å². The molecule has 6 aromatic rings. The predicted molar refractivity (Wildman–Crippen MR) is 214 cm³/mol. The van der Waals surface area contributed by atoms with Gasteiger partial charge in [0.2, 0.25) is 5.91 Å². The number of benzene rings is 2. The van der Waals surface area contributed by atoms with Crippen LogP contribution in [0.5, 0.6) is 0 Å². The highest BCUT2D eigenvalue weighted by atomic mass is 32.1. The zero-order chi connectivity index (χ0) is 37.8. The molecule has 284 valence electrons. The summed E-state index contributed by atoms with van der Waals surface area (Å²) in [5.74, 6) is 0.829. The van der Waals surface area contributed by atoms with Crippen LogP contribution >= 0.6 is 11.3 Å². The molecule has 0 unspecified atom stereocenters. The van der Waals surface area contributed by atoms with Crippen LogP contribution in [0.3, 0.4) is 0 Å². The van der Waals surface area contributed by atoms with Gasteiger partial charge in [-0.2, -0.15) is 0 Å². The van der Waals surface area contributed by atoms with Gasteiger partial charge in [0.15, 0.2) is 5.65 Å². The van der Waals surface area contributed by atoms with Gasteiger partial charge in [0.1, 0.15) is 17.2 Å². The van der Waals surface area contributed by atoms with E-state index in [0.717, 1.165) is 53.7 Å². The Morgan fingerprint density at radius 3 is 2.49 bits per heavy atom. The number of nitrogens with one attached hydrogen (secondary N) is 1. The van der Waals surface area contributed by atoms with Crippen molar-refractivity contribution in [3.8, 4) is 16.3 Å². The Kier molecular flexibility index (Phi) is 10.9. The second kappa shape index (κ2) is 16.3. The lowest BCUT2D eigenvalue weighted by molar-refractivity contribution is -0.142. The van der Waals surface area contributed by atoms with Gasteiger partial charge in [0.25, 0.3) is 5.56 Å². The molecular weight excluding hydrogens is 713 g/mol. The Balaban J connectivity index is 0.903. The highest BCUT2D eigenvalue weighted by molar-refractivity contribution is 7.15. The lowest BCUT2D eigenvalue weighted by atomic mass is 9.79. The number of para-hydroxylation sites is 1. The van der Waals surface area contributed by atoms with E-state index in [9.17, 15) is 14.7 Å². The number of aliphatic hydroxyl groups is 1. The number of thiazole rings is 1. The second-order valence-corrected chi connectivity index (χ2v) is 15.7. The number of ether oxygens (including phenoxy) is 1. The monoisotopic (exact) mass is 758 g/mol. The summed E-state index contributed by atoms with van der Waals surface area (Å²) in [5, 5.41) is 16.4. The molecule has 2 aromatic carbocycles. The third kappa shape index (κ3) is 8.11. The van der Waals surface area contributed by atoms with Crippen LogP contribution in [-0.4, -0.2) is 96.9 Å². The first kappa shape index (κ1) is 36.8. The van der Waals surface area contributed by atoms with Crippen LogP contribution in [0.4, 0.5) is 5.82 Å². The number of carbonyl (C=O) groups excluding carboxylic acids is 1. The van der Waals surface area contributed by atoms with Crippen molar-refractivity contribution in [3.05, 3.63) is 125 Å². The van der Waals surface area contributed by atoms with E-state index in [1.165, 1.54) is 15.8 Å². The zero-order valence-electron chi connectivity index (χ0n) is 31.0. The number of hydrogen-bond donors (Lipinski definition) is 2. The van der Waals surface area contributed by atoms with Gasteiger partial charge < -0.3 is 24.6 Å². The smallest absolute Gasteiger partial charge is 0.262 e. The Bertz CT molecular complexity index is 2270. The van der Waals surface area contributed by atoms with Crippen molar-refractivity contribution in [2.75, 3.05) is 51.8 Å². The summed E-state index contributed by atoms with van der Waals surface area (Å²) in [5.41, 5.74) is 2.36. The van der Waals surface area contributed by atoms with Crippen molar-refractivity contribution in [2.24, 2.45) is 5.92 Å². The van der Waals surface area contributed by atoms with Crippen LogP contribution in [0, 0.1) is 5.92 Å². The molecule has 0 saturated carbocycles. The van der Waals surface area contributed by atoms with Gasteiger partial charge in [-0.1, -0.05) is 48.5 Å². The minimum absolute atomic E-state index is 0.0394. The number of pyridine rings is 1. The number of likely N-dealkylation sites (tertiary alicyclic amines) is 2. The van der Waals surface area contributed by atoms with Gasteiger partial charge in [0.05, 0.1) is 24.1 Å². The number of carbonyl (C=O) groups is 1. The molecule has 6 heterocycles. The topological polar surface area (TPSA) is 131 Å². The fourth-order valence-corrected chi connectivity index (χ4v) is 8.90. The average molecular weight is 759 g/mol. The van der Waals surface area contributed by atoms with Crippen molar-refractivity contribution >= 4 is 34.1 Å². The normalized spacial score (nSPS) is 18.8. The summed E-state index contributed by atoms with van der Waals surface area (Å²) in [6.07, 6.45) is 8.71. The molecule has 2 aliphatic heterocycles. The third-order valence-electron chi connectivity index (χ3n) is 11.0. The second-order valence-electron chi connectivity index (χ2n) is 14.6. The fourth-order valence-electron chi connectivity index (χ4n) is 7.95. The van der Waals surface area contributed by atoms with Gasteiger partial charge in [0, 0.05) is 86.4 Å². The van der Waals surface area contributed by atoms with Crippen molar-refractivity contribution < 1.29 is 14.6 Å². The van der Waals surface area contributed by atoms with Crippen LogP contribution in [0.2, 0.25) is 0 Å². The van der Waals surface area contributed by atoms with Crippen molar-refractivity contribution in [1.29, 1.82) is 0 Å². The van der Waals surface area contributed by atoms with Crippen LogP contribution in [0.1, 0.15) is 35.6 Å². The first-order valence-electron chi connectivity index (χ1n) is 18.9. The standard InChI is InChI=1S/C42H46N8O4S/c1-54-23-18-43-37-13-12-31(24-44-37)39-45-25-33(55-39)26-47-19-14-34(36(27-47)30-8-4-2-5-9-30)40(51)48-21-16-42(53,17-22-48)28-49-29-46-38-35(41(49)52)15-20-50(38)32-10-6-3-7-11-32/h2-13,15,20,24-25,29,34,36,53H,14,16-19,21-23,26-28H2,1H3,(H,43,44)/t34-,36+/m1/s1. The molecule has 2 fully saturated rings. The Labute approximate surface area is 324 Å². The summed E-state index contributed by atoms with van der Waals surface area (Å²) < 4.78 is 8.51. The van der Waals surface area contributed by atoms with Gasteiger partial charge in [-0.05, 0) is 61.7 Å². The number of fused-ring (bicyclic) bond motifs is 1. The van der Waals surface area contributed by atoms with E-state index in [-0.39, 0.29) is 29.8 Å². The third-order valence-corrected chi connectivity index (χ3v) is 12.0. The van der Waals surface area contributed by atoms with Crippen LogP contribution in [0.15, 0.2) is 109 Å². The number of piperidine rings is 2. The molecule has 55 heavy (non-hydrogen) atoms. The molecule has 8 rings (SSSR count). The number of rotatable bonds is 12. The van der Waals surface area contributed by atoms with E-state index in [0.29, 0.717) is 50.1 Å². The molecule has 4 aromatic heterocycles. The highest BCUT2D eigenvalue weighted by Gasteiger charge is 2.41. The SMILES string of the molecule is COCCNc1ccc(-c2ncc(CN3CC[C@@H](C(=O)N4CCC(O)(Cn5cnc6c(ccn6-c6ccccc6)c5=O)CC4)[C@H](c4ccccc4)C3)s2)cn1. The number of amides is 1. The van der Waals surface area contributed by atoms with Crippen LogP contribution in [0.25, 0.3) is 27.3 Å². The fraction of sp³-hybridized carbons (Fsp3) is 0.357. The average Bonchev–Trinajstić information content (AvgIpc) is 3.88. The summed E-state index contributed by atoms with van der Waals surface area (Å²) >= 11 is 1.68. The molecule has 2 aliphatic rings. The molecule has 0 radical (unpaired) electrons. The van der Waals surface area contributed by atoms with E-state index in [1.807, 2.05) is 88.7 Å². The number of aromatic nitrogens is 5. The molecule has 2 N–H and O–H groups in total. The Morgan fingerprint density at radius 1 is 0.964 bits per heavy atom. The number of hydrogen-bond acceptors (Lipinski definition) is 10. The van der Waals surface area contributed by atoms with E-state index in [4.69, 9.17) is 9.72 Å². The Morgan fingerprint density at radius 2 is 1.75 bits per heavy atom. The summed E-state index contributed by atoms with van der Waals surface area (Å²) in [6.45, 7) is 4.65. The number of methoxy groups -OCH3 is 1. The van der Waals surface area contributed by atoms with Crippen molar-refractivity contribution in [1.82, 2.24) is 33.9 Å². The molecule has 0 bridgehead atoms. The minimum atomic E-state index is -1.12. The quantitative estimate of drug-likeness (QED) is 0.157. The van der Waals surface area contributed by atoms with Crippen molar-refractivity contribution in [2.45, 2.75) is 43.9 Å². The Hall–Kier alpha value is -5.21. The largest absolute Gasteiger partial charge is 0.388 e. The molecule has 12 nitrogen and oxygen atoms in total. The molecule has 2 saturated heterocycles. The first-order chi connectivity index (χ1) is 26.9. The lowest BCUT2D eigenvalue weighted by Gasteiger charge is -2.43. The summed E-state index contributed by atoms with van der Waals surface area (Å²) in [6, 6.07) is 25.9. The van der Waals surface area contributed by atoms with Gasteiger partial charge in [-0.3, -0.25) is 19.1 Å². The van der Waals surface area contributed by atoms with E-state index in [1.54, 1.807) is 24.5 Å². The number of anilines is 1.